The van der Waals surface area contributed by atoms with Crippen LogP contribution >= 0.6 is 0 Å². The topological polar surface area (TPSA) is 72.5 Å². The Morgan fingerprint density at radius 2 is 2.31 bits per heavy atom. The van der Waals surface area contributed by atoms with Crippen molar-refractivity contribution in [2.24, 2.45) is 5.73 Å². The van der Waals surface area contributed by atoms with Crippen LogP contribution in [0.3, 0.4) is 0 Å². The maximum Gasteiger partial charge on any atom is 0.332 e. The van der Waals surface area contributed by atoms with Crippen LogP contribution in [0.5, 0.6) is 0 Å². The lowest BCUT2D eigenvalue weighted by Gasteiger charge is -2.34. The van der Waals surface area contributed by atoms with Crippen LogP contribution in [0.4, 0.5) is 0 Å². The molecule has 4 nitrogen and oxygen atoms in total. The fourth-order valence-corrected chi connectivity index (χ4v) is 1.46. The average molecular weight is 187 g/mol. The number of carbonyl (C=O) groups is 1. The number of ether oxygens (including phenoxy) is 1. The van der Waals surface area contributed by atoms with Gasteiger partial charge in [-0.2, -0.15) is 0 Å². The highest BCUT2D eigenvalue weighted by molar-refractivity contribution is 5.72. The average Bonchev–Trinajstić information content (AvgIpc) is 2.00. The minimum Gasteiger partial charge on any atom is -0.479 e. The van der Waals surface area contributed by atoms with Crippen molar-refractivity contribution >= 4 is 5.97 Å². The zero-order valence-corrected chi connectivity index (χ0v) is 7.90. The van der Waals surface area contributed by atoms with Gasteiger partial charge in [0.1, 0.15) is 0 Å². The Kier molecular flexibility index (Phi) is 3.69. The normalized spacial score (nSPS) is 29.4. The van der Waals surface area contributed by atoms with Crippen LogP contribution in [-0.4, -0.2) is 29.3 Å². The van der Waals surface area contributed by atoms with Gasteiger partial charge in [-0.1, -0.05) is 13.3 Å². The highest BCUT2D eigenvalue weighted by atomic mass is 16.5. The zero-order valence-electron chi connectivity index (χ0n) is 7.90. The molecule has 0 saturated heterocycles. The summed E-state index contributed by atoms with van der Waals surface area (Å²) >= 11 is 0. The predicted octanol–water partition coefficient (Wildman–Crippen LogP) is 0.746. The molecule has 0 aliphatic heterocycles. The van der Waals surface area contributed by atoms with Crippen LogP contribution in [-0.2, 0) is 9.53 Å². The van der Waals surface area contributed by atoms with E-state index in [0.29, 0.717) is 6.42 Å². The summed E-state index contributed by atoms with van der Waals surface area (Å²) in [4.78, 5) is 10.7. The Labute approximate surface area is 78.1 Å². The molecule has 1 unspecified atom stereocenters. The summed E-state index contributed by atoms with van der Waals surface area (Å²) in [6, 6.07) is 0.209. The Bertz CT molecular complexity index is 178. The molecule has 0 bridgehead atoms. The van der Waals surface area contributed by atoms with E-state index in [0.717, 1.165) is 19.3 Å². The van der Waals surface area contributed by atoms with Crippen molar-refractivity contribution < 1.29 is 14.6 Å². The van der Waals surface area contributed by atoms with Crippen molar-refractivity contribution in [1.82, 2.24) is 0 Å². The molecule has 0 aromatic carbocycles. The Morgan fingerprint density at radius 1 is 1.69 bits per heavy atom. The molecule has 1 atom stereocenters. The third-order valence-corrected chi connectivity index (χ3v) is 2.31. The van der Waals surface area contributed by atoms with E-state index in [2.05, 4.69) is 0 Å². The number of hydrogen-bond donors (Lipinski definition) is 2. The molecule has 1 fully saturated rings. The highest BCUT2D eigenvalue weighted by Gasteiger charge is 2.31. The second-order valence-corrected chi connectivity index (χ2v) is 3.61. The lowest BCUT2D eigenvalue weighted by molar-refractivity contribution is -0.159. The van der Waals surface area contributed by atoms with Crippen LogP contribution in [0.2, 0.25) is 0 Å². The fourth-order valence-electron chi connectivity index (χ4n) is 1.46. The van der Waals surface area contributed by atoms with E-state index in [4.69, 9.17) is 15.6 Å². The van der Waals surface area contributed by atoms with Crippen molar-refractivity contribution in [2.75, 3.05) is 0 Å². The van der Waals surface area contributed by atoms with Gasteiger partial charge in [-0.25, -0.2) is 4.79 Å². The molecule has 0 amide bonds. The van der Waals surface area contributed by atoms with E-state index in [9.17, 15) is 4.79 Å². The number of rotatable bonds is 5. The maximum absolute atomic E-state index is 10.7. The molecule has 0 radical (unpaired) electrons. The van der Waals surface area contributed by atoms with Crippen LogP contribution < -0.4 is 5.73 Å². The van der Waals surface area contributed by atoms with Gasteiger partial charge < -0.3 is 15.6 Å². The molecule has 0 aromatic rings. The first-order chi connectivity index (χ1) is 6.13. The number of hydrogen-bond acceptors (Lipinski definition) is 3. The number of carboxylic acids is 1. The molecule has 1 aliphatic rings. The van der Waals surface area contributed by atoms with Crippen LogP contribution in [0.15, 0.2) is 0 Å². The monoisotopic (exact) mass is 187 g/mol. The summed E-state index contributed by atoms with van der Waals surface area (Å²) in [7, 11) is 0. The van der Waals surface area contributed by atoms with E-state index < -0.39 is 12.1 Å². The maximum atomic E-state index is 10.7. The largest absolute Gasteiger partial charge is 0.479 e. The molecule has 1 saturated carbocycles. The molecule has 0 spiro atoms. The van der Waals surface area contributed by atoms with Gasteiger partial charge in [0.2, 0.25) is 0 Å². The van der Waals surface area contributed by atoms with Gasteiger partial charge in [-0.15, -0.1) is 0 Å². The summed E-state index contributed by atoms with van der Waals surface area (Å²) in [5.74, 6) is -0.859. The third kappa shape index (κ3) is 2.97. The lowest BCUT2D eigenvalue weighted by atomic mass is 9.90. The van der Waals surface area contributed by atoms with Crippen molar-refractivity contribution in [3.05, 3.63) is 0 Å². The zero-order chi connectivity index (χ0) is 9.84. The van der Waals surface area contributed by atoms with Crippen molar-refractivity contribution in [3.8, 4) is 0 Å². The first kappa shape index (κ1) is 10.5. The summed E-state index contributed by atoms with van der Waals surface area (Å²) in [6.45, 7) is 1.95. The molecule has 76 valence electrons. The van der Waals surface area contributed by atoms with Crippen molar-refractivity contribution in [3.63, 3.8) is 0 Å². The molecule has 0 heterocycles. The minimum atomic E-state index is -0.859. The van der Waals surface area contributed by atoms with Gasteiger partial charge in [0, 0.05) is 6.04 Å². The first-order valence-electron chi connectivity index (χ1n) is 4.77. The number of aliphatic carboxylic acids is 1. The van der Waals surface area contributed by atoms with Crippen LogP contribution in [0, 0.1) is 0 Å². The second kappa shape index (κ2) is 4.58. The molecule has 4 heteroatoms. The van der Waals surface area contributed by atoms with Gasteiger partial charge in [0.25, 0.3) is 0 Å². The fraction of sp³-hybridized carbons (Fsp3) is 0.889. The van der Waals surface area contributed by atoms with Crippen LogP contribution in [0.1, 0.15) is 32.6 Å². The van der Waals surface area contributed by atoms with Gasteiger partial charge >= 0.3 is 5.97 Å². The molecule has 13 heavy (non-hydrogen) atoms. The molecular formula is C9H17NO3. The highest BCUT2D eigenvalue weighted by Crippen LogP contribution is 2.23. The first-order valence-corrected chi connectivity index (χ1v) is 4.77. The lowest BCUT2D eigenvalue weighted by Crippen LogP contribution is -2.44. The molecule has 3 N–H and O–H groups in total. The smallest absolute Gasteiger partial charge is 0.332 e. The van der Waals surface area contributed by atoms with Crippen molar-refractivity contribution in [2.45, 2.75) is 50.9 Å². The van der Waals surface area contributed by atoms with E-state index in [1.165, 1.54) is 0 Å². The predicted molar refractivity (Wildman–Crippen MR) is 48.4 cm³/mol. The Balaban J connectivity index is 2.26. The number of nitrogens with two attached hydrogens (primary N) is 1. The SMILES string of the molecule is CCCC(OC1CC(N)C1)C(=O)O. The van der Waals surface area contributed by atoms with Gasteiger partial charge in [0.15, 0.2) is 6.10 Å². The summed E-state index contributed by atoms with van der Waals surface area (Å²) in [5.41, 5.74) is 5.57. The number of carboxylic acid groups (broad SMARTS) is 1. The van der Waals surface area contributed by atoms with Gasteiger partial charge in [-0.3, -0.25) is 0 Å². The molecule has 1 aliphatic carbocycles. The molecule has 1 rings (SSSR count). The van der Waals surface area contributed by atoms with E-state index in [1.54, 1.807) is 0 Å². The van der Waals surface area contributed by atoms with E-state index >= 15 is 0 Å². The minimum absolute atomic E-state index is 0.0719. The summed E-state index contributed by atoms with van der Waals surface area (Å²) in [6.07, 6.45) is 2.45. The van der Waals surface area contributed by atoms with Crippen LogP contribution in [0.25, 0.3) is 0 Å². The third-order valence-electron chi connectivity index (χ3n) is 2.31. The van der Waals surface area contributed by atoms with Gasteiger partial charge in [0.05, 0.1) is 6.10 Å². The van der Waals surface area contributed by atoms with E-state index in [-0.39, 0.29) is 12.1 Å². The molecule has 0 aromatic heterocycles. The van der Waals surface area contributed by atoms with E-state index in [1.807, 2.05) is 6.92 Å². The Hall–Kier alpha value is -0.610. The summed E-state index contributed by atoms with van der Waals surface area (Å²) in [5, 5.41) is 8.78. The van der Waals surface area contributed by atoms with Crippen molar-refractivity contribution in [1.29, 1.82) is 0 Å². The quantitative estimate of drug-likeness (QED) is 0.666. The van der Waals surface area contributed by atoms with Gasteiger partial charge in [-0.05, 0) is 19.3 Å². The molecular weight excluding hydrogens is 170 g/mol. The standard InChI is InChI=1S/C9H17NO3/c1-2-3-8(9(11)12)13-7-4-6(10)5-7/h6-8H,2-5,10H2,1H3,(H,11,12). The summed E-state index contributed by atoms with van der Waals surface area (Å²) < 4.78 is 5.38. The second-order valence-electron chi connectivity index (χ2n) is 3.61. The Morgan fingerprint density at radius 3 is 2.69 bits per heavy atom.